The molecule has 6 nitrogen and oxygen atoms in total. The molecule has 0 unspecified atom stereocenters. The van der Waals surface area contributed by atoms with Gasteiger partial charge in [0.05, 0.1) is 5.52 Å². The largest absolute Gasteiger partial charge is 0.457 e. The van der Waals surface area contributed by atoms with Gasteiger partial charge in [0.15, 0.2) is 0 Å². The van der Waals surface area contributed by atoms with Gasteiger partial charge < -0.3 is 19.4 Å². The van der Waals surface area contributed by atoms with Crippen LogP contribution in [0.4, 0.5) is 0 Å². The van der Waals surface area contributed by atoms with E-state index < -0.39 is 0 Å². The highest BCUT2D eigenvalue weighted by atomic mass is 16.5. The van der Waals surface area contributed by atoms with Crippen molar-refractivity contribution in [3.63, 3.8) is 0 Å². The van der Waals surface area contributed by atoms with Gasteiger partial charge in [0.1, 0.15) is 29.1 Å². The highest BCUT2D eigenvalue weighted by Crippen LogP contribution is 2.33. The summed E-state index contributed by atoms with van der Waals surface area (Å²) in [7, 11) is 0. The number of hydrogen-bond acceptors (Lipinski definition) is 5. The number of fused-ring (bicyclic) bond motifs is 1. The Labute approximate surface area is 169 Å². The molecule has 0 spiro atoms. The fourth-order valence-corrected chi connectivity index (χ4v) is 3.74. The minimum absolute atomic E-state index is 0.434. The van der Waals surface area contributed by atoms with E-state index in [4.69, 9.17) is 9.47 Å². The van der Waals surface area contributed by atoms with Gasteiger partial charge >= 0.3 is 0 Å². The van der Waals surface area contributed by atoms with Crippen molar-refractivity contribution in [3.05, 3.63) is 73.2 Å². The first-order chi connectivity index (χ1) is 14.4. The average molecular weight is 386 g/mol. The molecular formula is C23H22N4O2. The minimum Gasteiger partial charge on any atom is -0.457 e. The zero-order valence-electron chi connectivity index (χ0n) is 16.0. The van der Waals surface area contributed by atoms with E-state index in [2.05, 4.69) is 26.0 Å². The quantitative estimate of drug-likeness (QED) is 0.526. The number of aromatic nitrogens is 3. The van der Waals surface area contributed by atoms with Crippen molar-refractivity contribution in [2.75, 3.05) is 13.1 Å². The minimum atomic E-state index is 0.434. The third-order valence-electron chi connectivity index (χ3n) is 5.19. The van der Waals surface area contributed by atoms with Crippen LogP contribution in [0.2, 0.25) is 0 Å². The van der Waals surface area contributed by atoms with Crippen LogP contribution in [-0.4, -0.2) is 27.6 Å². The van der Waals surface area contributed by atoms with E-state index in [0.29, 0.717) is 17.7 Å². The average Bonchev–Trinajstić information content (AvgIpc) is 3.22. The summed E-state index contributed by atoms with van der Waals surface area (Å²) >= 11 is 0. The molecule has 4 aromatic rings. The molecule has 0 saturated carbocycles. The fourth-order valence-electron chi connectivity index (χ4n) is 3.74. The third-order valence-corrected chi connectivity index (χ3v) is 5.19. The second-order valence-electron chi connectivity index (χ2n) is 7.11. The van der Waals surface area contributed by atoms with Crippen molar-refractivity contribution in [1.29, 1.82) is 0 Å². The Bertz CT molecular complexity index is 1090. The molecule has 5 rings (SSSR count). The lowest BCUT2D eigenvalue weighted by molar-refractivity contribution is 0.372. The van der Waals surface area contributed by atoms with Gasteiger partial charge in [-0.25, -0.2) is 4.98 Å². The van der Waals surface area contributed by atoms with Crippen molar-refractivity contribution < 1.29 is 9.47 Å². The van der Waals surface area contributed by atoms with Crippen LogP contribution in [0.1, 0.15) is 18.9 Å². The zero-order chi connectivity index (χ0) is 19.5. The van der Waals surface area contributed by atoms with Gasteiger partial charge in [0.2, 0.25) is 5.88 Å². The maximum Gasteiger partial charge on any atom is 0.247 e. The number of para-hydroxylation sites is 1. The molecular weight excluding hydrogens is 364 g/mol. The zero-order valence-corrected chi connectivity index (χ0v) is 16.0. The Morgan fingerprint density at radius 1 is 0.793 bits per heavy atom. The van der Waals surface area contributed by atoms with Gasteiger partial charge in [-0.2, -0.15) is 4.98 Å². The Morgan fingerprint density at radius 2 is 1.48 bits per heavy atom. The number of nitrogens with one attached hydrogen (secondary N) is 1. The Balaban J connectivity index is 1.39. The Kier molecular flexibility index (Phi) is 4.84. The lowest BCUT2D eigenvalue weighted by Gasteiger charge is -2.25. The lowest BCUT2D eigenvalue weighted by Crippen LogP contribution is -2.29. The van der Waals surface area contributed by atoms with Crippen molar-refractivity contribution >= 4 is 11.0 Å². The van der Waals surface area contributed by atoms with Crippen LogP contribution in [0.15, 0.2) is 73.2 Å². The maximum absolute atomic E-state index is 6.14. The smallest absolute Gasteiger partial charge is 0.247 e. The van der Waals surface area contributed by atoms with Crippen LogP contribution >= 0.6 is 0 Å². The number of nitrogens with zero attached hydrogens (tertiary/aromatic N) is 3. The summed E-state index contributed by atoms with van der Waals surface area (Å²) in [5.74, 6) is 2.85. The van der Waals surface area contributed by atoms with Crippen molar-refractivity contribution in [2.45, 2.75) is 18.9 Å². The molecule has 0 aliphatic carbocycles. The number of rotatable bonds is 5. The van der Waals surface area contributed by atoms with Gasteiger partial charge in [-0.1, -0.05) is 18.2 Å². The molecule has 1 saturated heterocycles. The van der Waals surface area contributed by atoms with Crippen LogP contribution < -0.4 is 14.8 Å². The first-order valence-electron chi connectivity index (χ1n) is 9.90. The molecule has 6 heteroatoms. The number of piperidine rings is 1. The number of hydrogen-bond donors (Lipinski definition) is 1. The predicted molar refractivity (Wildman–Crippen MR) is 112 cm³/mol. The van der Waals surface area contributed by atoms with Gasteiger partial charge in [-0.05, 0) is 68.4 Å². The van der Waals surface area contributed by atoms with E-state index in [1.54, 1.807) is 6.33 Å². The second kappa shape index (κ2) is 7.93. The Morgan fingerprint density at radius 3 is 2.24 bits per heavy atom. The molecule has 146 valence electrons. The molecule has 0 bridgehead atoms. The summed E-state index contributed by atoms with van der Waals surface area (Å²) in [5, 5.41) is 3.41. The SMILES string of the molecule is c1ccc(Oc2ccc(Oc3ncnc4ccn(C5CCNCC5)c34)cc2)cc1. The van der Waals surface area contributed by atoms with E-state index in [0.717, 1.165) is 48.5 Å². The fraction of sp³-hybridized carbons (Fsp3) is 0.217. The molecule has 3 heterocycles. The normalized spacial score (nSPS) is 14.8. The Hall–Kier alpha value is -3.38. The first-order valence-corrected chi connectivity index (χ1v) is 9.90. The molecule has 0 atom stereocenters. The molecule has 0 amide bonds. The van der Waals surface area contributed by atoms with E-state index in [9.17, 15) is 0 Å². The summed E-state index contributed by atoms with van der Waals surface area (Å²) in [6.45, 7) is 2.05. The van der Waals surface area contributed by atoms with Gasteiger partial charge in [0.25, 0.3) is 0 Å². The summed E-state index contributed by atoms with van der Waals surface area (Å²) in [6, 6.07) is 19.8. The monoisotopic (exact) mass is 386 g/mol. The standard InChI is InChI=1S/C23H22N4O2/c1-2-4-18(5-3-1)28-19-6-8-20(9-7-19)29-23-22-21(25-16-26-23)12-15-27(22)17-10-13-24-14-11-17/h1-9,12,15-17,24H,10-11,13-14H2. The summed E-state index contributed by atoms with van der Waals surface area (Å²) in [4.78, 5) is 8.83. The molecule has 2 aromatic carbocycles. The first kappa shape index (κ1) is 17.7. The molecule has 0 radical (unpaired) electrons. The molecule has 1 aliphatic rings. The highest BCUT2D eigenvalue weighted by molar-refractivity contribution is 5.81. The van der Waals surface area contributed by atoms with Crippen molar-refractivity contribution in [1.82, 2.24) is 19.9 Å². The van der Waals surface area contributed by atoms with Crippen LogP contribution in [0.3, 0.4) is 0 Å². The number of benzene rings is 2. The van der Waals surface area contributed by atoms with Gasteiger partial charge in [-0.3, -0.25) is 0 Å². The predicted octanol–water partition coefficient (Wildman–Crippen LogP) is 4.94. The third kappa shape index (κ3) is 3.79. The molecule has 2 aromatic heterocycles. The molecule has 1 N–H and O–H groups in total. The van der Waals surface area contributed by atoms with Gasteiger partial charge in [0, 0.05) is 12.2 Å². The van der Waals surface area contributed by atoms with Gasteiger partial charge in [-0.15, -0.1) is 0 Å². The topological polar surface area (TPSA) is 61.2 Å². The second-order valence-corrected chi connectivity index (χ2v) is 7.11. The molecule has 1 fully saturated rings. The van der Waals surface area contributed by atoms with Crippen molar-refractivity contribution in [2.24, 2.45) is 0 Å². The lowest BCUT2D eigenvalue weighted by atomic mass is 10.1. The molecule has 1 aliphatic heterocycles. The van der Waals surface area contributed by atoms with Crippen LogP contribution in [0.25, 0.3) is 11.0 Å². The van der Waals surface area contributed by atoms with E-state index >= 15 is 0 Å². The van der Waals surface area contributed by atoms with E-state index in [1.165, 1.54) is 0 Å². The maximum atomic E-state index is 6.14. The number of ether oxygens (including phenoxy) is 2. The van der Waals surface area contributed by atoms with E-state index in [1.807, 2.05) is 60.7 Å². The van der Waals surface area contributed by atoms with Crippen LogP contribution in [0.5, 0.6) is 23.1 Å². The summed E-state index contributed by atoms with van der Waals surface area (Å²) in [6.07, 6.45) is 5.82. The summed E-state index contributed by atoms with van der Waals surface area (Å²) < 4.78 is 14.3. The van der Waals surface area contributed by atoms with Crippen LogP contribution in [0, 0.1) is 0 Å². The van der Waals surface area contributed by atoms with E-state index in [-0.39, 0.29) is 0 Å². The van der Waals surface area contributed by atoms with Crippen molar-refractivity contribution in [3.8, 4) is 23.1 Å². The highest BCUT2D eigenvalue weighted by Gasteiger charge is 2.20. The molecule has 29 heavy (non-hydrogen) atoms. The van der Waals surface area contributed by atoms with Crippen LogP contribution in [-0.2, 0) is 0 Å². The summed E-state index contributed by atoms with van der Waals surface area (Å²) in [5.41, 5.74) is 1.85.